The van der Waals surface area contributed by atoms with Crippen LogP contribution in [0.1, 0.15) is 63.9 Å². The topological polar surface area (TPSA) is 51.2 Å². The van der Waals surface area contributed by atoms with Gasteiger partial charge in [-0.1, -0.05) is 43.2 Å². The Balaban J connectivity index is 1.54. The summed E-state index contributed by atoms with van der Waals surface area (Å²) >= 11 is 0. The lowest BCUT2D eigenvalue weighted by Gasteiger charge is -2.35. The van der Waals surface area contributed by atoms with Crippen molar-refractivity contribution < 1.29 is 19.0 Å². The van der Waals surface area contributed by atoms with Gasteiger partial charge in [0.15, 0.2) is 0 Å². The Bertz CT molecular complexity index is 605. The number of benzene rings is 1. The molecule has 0 spiro atoms. The van der Waals surface area contributed by atoms with Crippen LogP contribution in [0.2, 0.25) is 0 Å². The molecule has 1 saturated carbocycles. The van der Waals surface area contributed by atoms with Crippen LogP contribution >= 0.6 is 0 Å². The van der Waals surface area contributed by atoms with Crippen LogP contribution in [0.25, 0.3) is 0 Å². The molecule has 0 N–H and O–H groups in total. The van der Waals surface area contributed by atoms with E-state index in [2.05, 4.69) is 11.9 Å². The molecule has 0 heterocycles. The molecule has 1 amide bonds. The van der Waals surface area contributed by atoms with Crippen molar-refractivity contribution in [2.24, 2.45) is 0 Å². The lowest BCUT2D eigenvalue weighted by Crippen LogP contribution is -2.43. The van der Waals surface area contributed by atoms with Crippen molar-refractivity contribution in [3.05, 3.63) is 35.9 Å². The van der Waals surface area contributed by atoms with Gasteiger partial charge in [0.2, 0.25) is 0 Å². The first-order chi connectivity index (χ1) is 15.6. The largest absolute Gasteiger partial charge is 0.445 e. The van der Waals surface area contributed by atoms with E-state index in [1.807, 2.05) is 42.2 Å². The van der Waals surface area contributed by atoms with E-state index in [1.54, 1.807) is 7.11 Å². The Hall–Kier alpha value is -1.63. The number of carbonyl (C=O) groups is 1. The standard InChI is InChI=1S/C26H44N2O4/c1-4-28(26(29)32-22-23-12-8-7-9-13-23)24-14-16-25(17-15-24)31-20-11-6-5-10-18-27(2)19-21-30-3/h7-9,12-13,24-25H,4-6,10-11,14-22H2,1-3H3. The number of ether oxygens (including phenoxy) is 3. The van der Waals surface area contributed by atoms with E-state index in [4.69, 9.17) is 14.2 Å². The van der Waals surface area contributed by atoms with Crippen molar-refractivity contribution in [2.75, 3.05) is 47.0 Å². The number of unbranched alkanes of at least 4 members (excludes halogenated alkanes) is 3. The minimum Gasteiger partial charge on any atom is -0.445 e. The van der Waals surface area contributed by atoms with E-state index in [-0.39, 0.29) is 12.1 Å². The Labute approximate surface area is 195 Å². The third-order valence-electron chi connectivity index (χ3n) is 6.33. The van der Waals surface area contributed by atoms with Gasteiger partial charge >= 0.3 is 6.09 Å². The average molecular weight is 449 g/mol. The third-order valence-corrected chi connectivity index (χ3v) is 6.33. The van der Waals surface area contributed by atoms with Gasteiger partial charge in [-0.3, -0.25) is 0 Å². The molecule has 0 atom stereocenters. The Kier molecular flexibility index (Phi) is 13.4. The van der Waals surface area contributed by atoms with E-state index in [0.717, 1.165) is 64.0 Å². The van der Waals surface area contributed by atoms with Gasteiger partial charge in [-0.15, -0.1) is 0 Å². The van der Waals surface area contributed by atoms with Gasteiger partial charge < -0.3 is 24.0 Å². The minimum absolute atomic E-state index is 0.200. The molecule has 1 aliphatic rings. The molecule has 0 unspecified atom stereocenters. The number of nitrogens with zero attached hydrogens (tertiary/aromatic N) is 2. The van der Waals surface area contributed by atoms with Crippen LogP contribution in [-0.2, 0) is 20.8 Å². The van der Waals surface area contributed by atoms with Crippen molar-refractivity contribution >= 4 is 6.09 Å². The number of methoxy groups -OCH3 is 1. The molecule has 6 nitrogen and oxygen atoms in total. The van der Waals surface area contributed by atoms with E-state index in [9.17, 15) is 4.79 Å². The van der Waals surface area contributed by atoms with Gasteiger partial charge in [0.05, 0.1) is 12.7 Å². The molecule has 2 rings (SSSR count). The number of hydrogen-bond acceptors (Lipinski definition) is 5. The van der Waals surface area contributed by atoms with Gasteiger partial charge in [-0.05, 0) is 64.6 Å². The maximum atomic E-state index is 12.6. The minimum atomic E-state index is -0.200. The van der Waals surface area contributed by atoms with E-state index in [1.165, 1.54) is 19.3 Å². The molecule has 0 saturated heterocycles. The molecule has 0 aromatic heterocycles. The highest BCUT2D eigenvalue weighted by molar-refractivity contribution is 5.68. The molecular weight excluding hydrogens is 404 g/mol. The normalized spacial score (nSPS) is 18.6. The number of amides is 1. The number of hydrogen-bond donors (Lipinski definition) is 0. The second-order valence-corrected chi connectivity index (χ2v) is 8.84. The smallest absolute Gasteiger partial charge is 0.410 e. The van der Waals surface area contributed by atoms with Gasteiger partial charge in [0.25, 0.3) is 0 Å². The highest BCUT2D eigenvalue weighted by Gasteiger charge is 2.29. The van der Waals surface area contributed by atoms with Crippen LogP contribution in [0.3, 0.4) is 0 Å². The summed E-state index contributed by atoms with van der Waals surface area (Å²) in [5.74, 6) is 0. The Morgan fingerprint density at radius 3 is 2.38 bits per heavy atom. The molecule has 1 aromatic rings. The first-order valence-corrected chi connectivity index (χ1v) is 12.4. The summed E-state index contributed by atoms with van der Waals surface area (Å²) in [6.45, 7) is 6.84. The van der Waals surface area contributed by atoms with Crippen molar-refractivity contribution in [1.29, 1.82) is 0 Å². The van der Waals surface area contributed by atoms with Crippen LogP contribution < -0.4 is 0 Å². The Morgan fingerprint density at radius 2 is 1.69 bits per heavy atom. The van der Waals surface area contributed by atoms with Crippen LogP contribution in [0.5, 0.6) is 0 Å². The van der Waals surface area contributed by atoms with Gasteiger partial charge in [-0.2, -0.15) is 0 Å². The zero-order valence-corrected chi connectivity index (χ0v) is 20.5. The number of rotatable bonds is 15. The highest BCUT2D eigenvalue weighted by Crippen LogP contribution is 2.26. The van der Waals surface area contributed by atoms with Crippen LogP contribution in [0.4, 0.5) is 4.79 Å². The van der Waals surface area contributed by atoms with Crippen molar-refractivity contribution in [3.63, 3.8) is 0 Å². The maximum Gasteiger partial charge on any atom is 0.410 e. The fourth-order valence-electron chi connectivity index (χ4n) is 4.31. The van der Waals surface area contributed by atoms with E-state index < -0.39 is 0 Å². The lowest BCUT2D eigenvalue weighted by atomic mass is 9.92. The first kappa shape index (κ1) is 26.6. The number of likely N-dealkylation sites (N-methyl/N-ethyl adjacent to an activating group) is 1. The zero-order valence-electron chi connectivity index (χ0n) is 20.5. The van der Waals surface area contributed by atoms with Crippen molar-refractivity contribution in [1.82, 2.24) is 9.80 Å². The molecule has 1 fully saturated rings. The summed E-state index contributed by atoms with van der Waals surface area (Å²) in [7, 11) is 3.91. The maximum absolute atomic E-state index is 12.6. The van der Waals surface area contributed by atoms with Crippen molar-refractivity contribution in [2.45, 2.75) is 77.0 Å². The molecule has 0 radical (unpaired) electrons. The average Bonchev–Trinajstić information content (AvgIpc) is 2.82. The summed E-state index contributed by atoms with van der Waals surface area (Å²) in [6, 6.07) is 10.1. The summed E-state index contributed by atoms with van der Waals surface area (Å²) < 4.78 is 16.8. The number of carbonyl (C=O) groups excluding carboxylic acids is 1. The molecule has 0 aliphatic heterocycles. The lowest BCUT2D eigenvalue weighted by molar-refractivity contribution is 0.00401. The summed E-state index contributed by atoms with van der Waals surface area (Å²) in [4.78, 5) is 16.8. The van der Waals surface area contributed by atoms with Gasteiger partial charge in [0, 0.05) is 32.8 Å². The van der Waals surface area contributed by atoms with Gasteiger partial charge in [0.1, 0.15) is 6.61 Å². The quantitative estimate of drug-likeness (QED) is 0.349. The fourth-order valence-corrected chi connectivity index (χ4v) is 4.31. The van der Waals surface area contributed by atoms with E-state index in [0.29, 0.717) is 19.3 Å². The zero-order chi connectivity index (χ0) is 23.0. The van der Waals surface area contributed by atoms with Gasteiger partial charge in [-0.25, -0.2) is 4.79 Å². The first-order valence-electron chi connectivity index (χ1n) is 12.4. The second kappa shape index (κ2) is 16.1. The van der Waals surface area contributed by atoms with E-state index >= 15 is 0 Å². The van der Waals surface area contributed by atoms with Crippen molar-refractivity contribution in [3.8, 4) is 0 Å². The third kappa shape index (κ3) is 10.3. The predicted octanol–water partition coefficient (Wildman–Crippen LogP) is 5.11. The molecule has 1 aromatic carbocycles. The van der Waals surface area contributed by atoms with Crippen LogP contribution in [-0.4, -0.2) is 75.0 Å². The van der Waals surface area contributed by atoms with Crippen LogP contribution in [0, 0.1) is 0 Å². The highest BCUT2D eigenvalue weighted by atomic mass is 16.6. The Morgan fingerprint density at radius 1 is 0.969 bits per heavy atom. The molecule has 1 aliphatic carbocycles. The van der Waals surface area contributed by atoms with Crippen LogP contribution in [0.15, 0.2) is 30.3 Å². The summed E-state index contributed by atoms with van der Waals surface area (Å²) in [6.07, 6.45) is 9.02. The summed E-state index contributed by atoms with van der Waals surface area (Å²) in [5, 5.41) is 0. The fraction of sp³-hybridized carbons (Fsp3) is 0.731. The molecule has 182 valence electrons. The molecule has 0 bridgehead atoms. The monoisotopic (exact) mass is 448 g/mol. The molecular formula is C26H44N2O4. The molecule has 32 heavy (non-hydrogen) atoms. The molecule has 6 heteroatoms. The second-order valence-electron chi connectivity index (χ2n) is 8.84. The SMILES string of the molecule is CCN(C(=O)OCc1ccccc1)C1CCC(OCCCCCCN(C)CCOC)CC1. The predicted molar refractivity (Wildman–Crippen MR) is 129 cm³/mol. The summed E-state index contributed by atoms with van der Waals surface area (Å²) in [5.41, 5.74) is 1.02.